The number of hydrogen-bond acceptors (Lipinski definition) is 3. The van der Waals surface area contributed by atoms with Crippen molar-refractivity contribution >= 4 is 17.5 Å². The molecule has 2 heterocycles. The van der Waals surface area contributed by atoms with Crippen LogP contribution in [0.25, 0.3) is 0 Å². The molecule has 0 spiro atoms. The van der Waals surface area contributed by atoms with Gasteiger partial charge in [-0.25, -0.2) is 0 Å². The van der Waals surface area contributed by atoms with Crippen molar-refractivity contribution in [2.75, 3.05) is 25.0 Å². The summed E-state index contributed by atoms with van der Waals surface area (Å²) in [5.74, 6) is 0.303. The Kier molecular flexibility index (Phi) is 3.44. The first-order chi connectivity index (χ1) is 9.67. The number of likely N-dealkylation sites (tertiary alicyclic amines) is 1. The van der Waals surface area contributed by atoms with Crippen LogP contribution in [0.2, 0.25) is 0 Å². The highest BCUT2D eigenvalue weighted by molar-refractivity contribution is 6.02. The Bertz CT molecular complexity index is 548. The molecule has 0 saturated carbocycles. The first-order valence-corrected chi connectivity index (χ1v) is 7.00. The molecule has 3 rings (SSSR count). The van der Waals surface area contributed by atoms with Crippen molar-refractivity contribution in [3.8, 4) is 0 Å². The summed E-state index contributed by atoms with van der Waals surface area (Å²) in [6.07, 6.45) is 2.10. The lowest BCUT2D eigenvalue weighted by Crippen LogP contribution is -2.39. The smallest absolute Gasteiger partial charge is 0.253 e. The van der Waals surface area contributed by atoms with Gasteiger partial charge in [0.25, 0.3) is 5.91 Å². The number of carbonyl (C=O) groups is 2. The average molecular weight is 274 g/mol. The number of anilines is 1. The summed E-state index contributed by atoms with van der Waals surface area (Å²) in [6.45, 7) is 1.58. The van der Waals surface area contributed by atoms with E-state index >= 15 is 0 Å². The fourth-order valence-electron chi connectivity index (χ4n) is 2.85. The molecule has 5 nitrogen and oxygen atoms in total. The van der Waals surface area contributed by atoms with E-state index in [9.17, 15) is 9.59 Å². The first kappa shape index (κ1) is 13.1. The third kappa shape index (κ3) is 2.41. The number of fused-ring (bicyclic) bond motifs is 1. The Hall–Kier alpha value is -1.88. The van der Waals surface area contributed by atoms with Gasteiger partial charge in [-0.2, -0.15) is 0 Å². The van der Waals surface area contributed by atoms with Crippen molar-refractivity contribution in [1.82, 2.24) is 4.90 Å². The molecule has 0 unspecified atom stereocenters. The van der Waals surface area contributed by atoms with E-state index < -0.39 is 0 Å². The Morgan fingerprint density at radius 2 is 2.10 bits per heavy atom. The molecule has 2 aliphatic rings. The second-order valence-electron chi connectivity index (χ2n) is 5.52. The van der Waals surface area contributed by atoms with Crippen LogP contribution in [0.1, 0.15) is 28.8 Å². The summed E-state index contributed by atoms with van der Waals surface area (Å²) in [5.41, 5.74) is 2.32. The summed E-state index contributed by atoms with van der Waals surface area (Å²) < 4.78 is 0. The maximum atomic E-state index is 12.4. The molecule has 2 N–H and O–H groups in total. The molecule has 1 saturated heterocycles. The average Bonchev–Trinajstić information content (AvgIpc) is 2.85. The van der Waals surface area contributed by atoms with Crippen LogP contribution in [0.5, 0.6) is 0 Å². The largest absolute Gasteiger partial charge is 0.396 e. The summed E-state index contributed by atoms with van der Waals surface area (Å²) in [6, 6.07) is 5.40. The Labute approximate surface area is 117 Å². The van der Waals surface area contributed by atoms with Gasteiger partial charge < -0.3 is 15.3 Å². The molecule has 2 aliphatic heterocycles. The number of nitrogens with one attached hydrogen (secondary N) is 1. The lowest BCUT2D eigenvalue weighted by Gasteiger charge is -2.31. The van der Waals surface area contributed by atoms with E-state index in [1.54, 1.807) is 12.1 Å². The molecule has 1 fully saturated rings. The summed E-state index contributed by atoms with van der Waals surface area (Å²) >= 11 is 0. The molecule has 1 aromatic rings. The number of aliphatic hydroxyl groups is 1. The number of hydrogen-bond donors (Lipinski definition) is 2. The molecule has 20 heavy (non-hydrogen) atoms. The minimum absolute atomic E-state index is 0.00494. The van der Waals surface area contributed by atoms with Crippen molar-refractivity contribution < 1.29 is 14.7 Å². The third-order valence-electron chi connectivity index (χ3n) is 4.14. The van der Waals surface area contributed by atoms with Crippen LogP contribution < -0.4 is 5.32 Å². The van der Waals surface area contributed by atoms with E-state index in [0.717, 1.165) is 24.1 Å². The minimum atomic E-state index is -0.0200. The third-order valence-corrected chi connectivity index (χ3v) is 4.14. The molecular weight excluding hydrogens is 256 g/mol. The van der Waals surface area contributed by atoms with Gasteiger partial charge in [0.1, 0.15) is 0 Å². The van der Waals surface area contributed by atoms with Crippen molar-refractivity contribution in [2.24, 2.45) is 5.92 Å². The van der Waals surface area contributed by atoms with Crippen molar-refractivity contribution in [1.29, 1.82) is 0 Å². The number of piperidine rings is 1. The monoisotopic (exact) mass is 274 g/mol. The predicted molar refractivity (Wildman–Crippen MR) is 74.5 cm³/mol. The zero-order valence-electron chi connectivity index (χ0n) is 11.3. The Morgan fingerprint density at radius 1 is 1.35 bits per heavy atom. The summed E-state index contributed by atoms with van der Waals surface area (Å²) in [4.78, 5) is 25.6. The van der Waals surface area contributed by atoms with Crippen LogP contribution in [-0.4, -0.2) is 41.5 Å². The van der Waals surface area contributed by atoms with Crippen LogP contribution in [0.3, 0.4) is 0 Å². The van der Waals surface area contributed by atoms with E-state index in [4.69, 9.17) is 5.11 Å². The zero-order valence-corrected chi connectivity index (χ0v) is 11.3. The van der Waals surface area contributed by atoms with Gasteiger partial charge in [0.15, 0.2) is 0 Å². The Balaban J connectivity index is 1.72. The second-order valence-corrected chi connectivity index (χ2v) is 5.52. The standard InChI is InChI=1S/C15H18N2O3/c18-9-10-3-5-17(6-4-10)15(20)12-2-1-11-8-14(19)16-13(11)7-12/h1-2,7,10,18H,3-6,8-9H2,(H,16,19). The molecule has 0 bridgehead atoms. The van der Waals surface area contributed by atoms with Gasteiger partial charge in [0.05, 0.1) is 6.42 Å². The number of nitrogens with zero attached hydrogens (tertiary/aromatic N) is 1. The van der Waals surface area contributed by atoms with E-state index in [1.165, 1.54) is 0 Å². The van der Waals surface area contributed by atoms with Gasteiger partial charge in [0, 0.05) is 30.9 Å². The van der Waals surface area contributed by atoms with Gasteiger partial charge >= 0.3 is 0 Å². The lowest BCUT2D eigenvalue weighted by atomic mass is 9.97. The fourth-order valence-corrected chi connectivity index (χ4v) is 2.85. The molecule has 0 aromatic heterocycles. The molecule has 2 amide bonds. The number of rotatable bonds is 2. The normalized spacial score (nSPS) is 18.9. The molecule has 1 aromatic carbocycles. The number of aliphatic hydroxyl groups excluding tert-OH is 1. The van der Waals surface area contributed by atoms with E-state index in [1.807, 2.05) is 11.0 Å². The summed E-state index contributed by atoms with van der Waals surface area (Å²) in [5, 5.41) is 11.9. The zero-order chi connectivity index (χ0) is 14.1. The molecule has 0 atom stereocenters. The molecular formula is C15H18N2O3. The van der Waals surface area contributed by atoms with Crippen LogP contribution >= 0.6 is 0 Å². The van der Waals surface area contributed by atoms with Crippen LogP contribution in [0.15, 0.2) is 18.2 Å². The highest BCUT2D eigenvalue weighted by atomic mass is 16.3. The predicted octanol–water partition coefficient (Wildman–Crippen LogP) is 1.03. The molecule has 0 radical (unpaired) electrons. The van der Waals surface area contributed by atoms with Crippen LogP contribution in [-0.2, 0) is 11.2 Å². The quantitative estimate of drug-likeness (QED) is 0.846. The molecule has 5 heteroatoms. The van der Waals surface area contributed by atoms with E-state index in [2.05, 4.69) is 5.32 Å². The van der Waals surface area contributed by atoms with Gasteiger partial charge in [0.2, 0.25) is 5.91 Å². The van der Waals surface area contributed by atoms with Crippen molar-refractivity contribution in [2.45, 2.75) is 19.3 Å². The van der Waals surface area contributed by atoms with Crippen molar-refractivity contribution in [3.05, 3.63) is 29.3 Å². The van der Waals surface area contributed by atoms with Crippen molar-refractivity contribution in [3.63, 3.8) is 0 Å². The van der Waals surface area contributed by atoms with Crippen LogP contribution in [0.4, 0.5) is 5.69 Å². The van der Waals surface area contributed by atoms with Gasteiger partial charge in [-0.1, -0.05) is 6.07 Å². The number of carbonyl (C=O) groups excluding carboxylic acids is 2. The highest BCUT2D eigenvalue weighted by Gasteiger charge is 2.25. The first-order valence-electron chi connectivity index (χ1n) is 7.00. The second kappa shape index (κ2) is 5.25. The van der Waals surface area contributed by atoms with E-state index in [0.29, 0.717) is 31.0 Å². The lowest BCUT2D eigenvalue weighted by molar-refractivity contribution is -0.115. The SMILES string of the molecule is O=C1Cc2ccc(C(=O)N3CCC(CO)CC3)cc2N1. The van der Waals surface area contributed by atoms with Gasteiger partial charge in [-0.15, -0.1) is 0 Å². The van der Waals surface area contributed by atoms with Crippen LogP contribution in [0, 0.1) is 5.92 Å². The highest BCUT2D eigenvalue weighted by Crippen LogP contribution is 2.25. The Morgan fingerprint density at radius 3 is 2.80 bits per heavy atom. The fraction of sp³-hybridized carbons (Fsp3) is 0.467. The summed E-state index contributed by atoms with van der Waals surface area (Å²) in [7, 11) is 0. The number of benzene rings is 1. The molecule has 0 aliphatic carbocycles. The number of amides is 2. The van der Waals surface area contributed by atoms with E-state index in [-0.39, 0.29) is 18.4 Å². The van der Waals surface area contributed by atoms with Gasteiger partial charge in [-0.05, 0) is 36.5 Å². The topological polar surface area (TPSA) is 69.6 Å². The minimum Gasteiger partial charge on any atom is -0.396 e. The van der Waals surface area contributed by atoms with Gasteiger partial charge in [-0.3, -0.25) is 9.59 Å². The molecule has 106 valence electrons. The maximum absolute atomic E-state index is 12.4. The maximum Gasteiger partial charge on any atom is 0.253 e.